The van der Waals surface area contributed by atoms with Gasteiger partial charge in [0, 0.05) is 23.2 Å². The zero-order chi connectivity index (χ0) is 22.8. The molecule has 0 radical (unpaired) electrons. The molecule has 0 bridgehead atoms. The summed E-state index contributed by atoms with van der Waals surface area (Å²) < 4.78 is 14.5. The van der Waals surface area contributed by atoms with Crippen LogP contribution in [0.25, 0.3) is 0 Å². The minimum Gasteiger partial charge on any atom is -0.331 e. The van der Waals surface area contributed by atoms with Crippen LogP contribution in [0.5, 0.6) is 0 Å². The Morgan fingerprint density at radius 2 is 2.00 bits per heavy atom. The first kappa shape index (κ1) is 23.6. The van der Waals surface area contributed by atoms with Crippen molar-refractivity contribution in [2.24, 2.45) is 5.41 Å². The summed E-state index contributed by atoms with van der Waals surface area (Å²) in [7, 11) is 2.10. The standard InChI is InChI=1S/C25H33ClFN3O/c1-17-20(10-8-11-21(17)26)18(2)28-24(31)30(15-19-9-6-7-12-22(19)27)23-13-14-29(5)16-25(23,3)4/h6-12,18,23H,13-16H2,1-5H3,(H,28,31). The van der Waals surface area contributed by atoms with Crippen molar-refractivity contribution in [3.8, 4) is 0 Å². The maximum Gasteiger partial charge on any atom is 0.318 e. The molecule has 2 atom stereocenters. The second-order valence-electron chi connectivity index (χ2n) is 9.38. The number of amides is 2. The Balaban J connectivity index is 1.89. The van der Waals surface area contributed by atoms with Gasteiger partial charge in [-0.3, -0.25) is 0 Å². The molecule has 2 aromatic rings. The van der Waals surface area contributed by atoms with E-state index >= 15 is 0 Å². The third kappa shape index (κ3) is 5.39. The maximum absolute atomic E-state index is 14.5. The lowest BCUT2D eigenvalue weighted by Crippen LogP contribution is -2.58. The smallest absolute Gasteiger partial charge is 0.318 e. The number of rotatable bonds is 5. The molecule has 6 heteroatoms. The second-order valence-corrected chi connectivity index (χ2v) is 9.78. The largest absolute Gasteiger partial charge is 0.331 e. The average molecular weight is 446 g/mol. The number of likely N-dealkylation sites (tertiary alicyclic amines) is 1. The number of urea groups is 1. The van der Waals surface area contributed by atoms with Gasteiger partial charge in [-0.2, -0.15) is 0 Å². The van der Waals surface area contributed by atoms with Gasteiger partial charge in [-0.05, 0) is 62.5 Å². The molecule has 1 heterocycles. The van der Waals surface area contributed by atoms with Gasteiger partial charge in [0.25, 0.3) is 0 Å². The van der Waals surface area contributed by atoms with Gasteiger partial charge < -0.3 is 15.1 Å². The van der Waals surface area contributed by atoms with Crippen molar-refractivity contribution in [1.29, 1.82) is 0 Å². The highest BCUT2D eigenvalue weighted by Gasteiger charge is 2.40. The summed E-state index contributed by atoms with van der Waals surface area (Å²) in [4.78, 5) is 17.7. The van der Waals surface area contributed by atoms with Crippen molar-refractivity contribution < 1.29 is 9.18 Å². The highest BCUT2D eigenvalue weighted by atomic mass is 35.5. The van der Waals surface area contributed by atoms with Crippen molar-refractivity contribution in [3.63, 3.8) is 0 Å². The molecular weight excluding hydrogens is 413 g/mol. The highest BCUT2D eigenvalue weighted by molar-refractivity contribution is 6.31. The van der Waals surface area contributed by atoms with Crippen LogP contribution in [-0.4, -0.2) is 42.0 Å². The zero-order valence-corrected chi connectivity index (χ0v) is 19.8. The molecule has 1 N–H and O–H groups in total. The van der Waals surface area contributed by atoms with Crippen LogP contribution in [0.1, 0.15) is 49.9 Å². The Bertz CT molecular complexity index is 933. The molecule has 2 amide bonds. The topological polar surface area (TPSA) is 35.6 Å². The minimum atomic E-state index is -0.287. The van der Waals surface area contributed by atoms with E-state index in [0.29, 0.717) is 10.6 Å². The number of carbonyl (C=O) groups is 1. The van der Waals surface area contributed by atoms with Crippen molar-refractivity contribution >= 4 is 17.6 Å². The number of carbonyl (C=O) groups excluding carboxylic acids is 1. The Morgan fingerprint density at radius 3 is 2.68 bits per heavy atom. The van der Waals surface area contributed by atoms with E-state index in [4.69, 9.17) is 11.6 Å². The van der Waals surface area contributed by atoms with Crippen LogP contribution in [-0.2, 0) is 6.54 Å². The van der Waals surface area contributed by atoms with Crippen LogP contribution < -0.4 is 5.32 Å². The summed E-state index contributed by atoms with van der Waals surface area (Å²) in [5.41, 5.74) is 2.34. The quantitative estimate of drug-likeness (QED) is 0.632. The number of benzene rings is 2. The maximum atomic E-state index is 14.5. The van der Waals surface area contributed by atoms with Gasteiger partial charge in [0.15, 0.2) is 0 Å². The molecule has 3 rings (SSSR count). The zero-order valence-electron chi connectivity index (χ0n) is 19.1. The van der Waals surface area contributed by atoms with Crippen LogP contribution in [0.15, 0.2) is 42.5 Å². The molecular formula is C25H33ClFN3O. The molecule has 2 aromatic carbocycles. The molecule has 1 fully saturated rings. The Labute approximate surface area is 190 Å². The number of piperidine rings is 1. The number of halogens is 2. The Hall–Kier alpha value is -2.11. The van der Waals surface area contributed by atoms with Gasteiger partial charge in [-0.15, -0.1) is 0 Å². The molecule has 0 spiro atoms. The second kappa shape index (κ2) is 9.58. The van der Waals surface area contributed by atoms with Gasteiger partial charge in [-0.1, -0.05) is 55.8 Å². The normalized spacial score (nSPS) is 19.6. The van der Waals surface area contributed by atoms with E-state index in [9.17, 15) is 9.18 Å². The minimum absolute atomic E-state index is 0.00374. The summed E-state index contributed by atoms with van der Waals surface area (Å²) in [5, 5.41) is 3.82. The Morgan fingerprint density at radius 1 is 1.29 bits per heavy atom. The van der Waals surface area contributed by atoms with E-state index < -0.39 is 0 Å². The van der Waals surface area contributed by atoms with Crippen molar-refractivity contribution in [2.45, 2.75) is 52.7 Å². The van der Waals surface area contributed by atoms with Gasteiger partial charge >= 0.3 is 6.03 Å². The van der Waals surface area contributed by atoms with E-state index in [0.717, 1.165) is 30.6 Å². The van der Waals surface area contributed by atoms with E-state index in [1.54, 1.807) is 12.1 Å². The first-order valence-electron chi connectivity index (χ1n) is 10.8. The monoisotopic (exact) mass is 445 g/mol. The molecule has 0 aromatic heterocycles. The van der Waals surface area contributed by atoms with E-state index in [-0.39, 0.29) is 35.9 Å². The summed E-state index contributed by atoms with van der Waals surface area (Å²) in [6.07, 6.45) is 0.843. The third-order valence-electron chi connectivity index (χ3n) is 6.42. The predicted octanol–water partition coefficient (Wildman–Crippen LogP) is 5.79. The van der Waals surface area contributed by atoms with Gasteiger partial charge in [0.2, 0.25) is 0 Å². The van der Waals surface area contributed by atoms with E-state index in [1.165, 1.54) is 6.07 Å². The number of nitrogens with one attached hydrogen (secondary N) is 1. The van der Waals surface area contributed by atoms with E-state index in [2.05, 4.69) is 31.1 Å². The molecule has 1 aliphatic rings. The molecule has 168 valence electrons. The Kier molecular flexibility index (Phi) is 7.28. The van der Waals surface area contributed by atoms with Crippen LogP contribution in [0, 0.1) is 18.2 Å². The lowest BCUT2D eigenvalue weighted by molar-refractivity contribution is 0.0296. The number of hydrogen-bond donors (Lipinski definition) is 1. The molecule has 1 aliphatic heterocycles. The number of nitrogens with zero attached hydrogens (tertiary/aromatic N) is 2. The average Bonchev–Trinajstić information content (AvgIpc) is 2.69. The molecule has 0 aliphatic carbocycles. The summed E-state index contributed by atoms with van der Waals surface area (Å²) in [6.45, 7) is 10.3. The first-order chi connectivity index (χ1) is 14.6. The molecule has 1 saturated heterocycles. The van der Waals surface area contributed by atoms with E-state index in [1.807, 2.05) is 43.0 Å². The fraction of sp³-hybridized carbons (Fsp3) is 0.480. The van der Waals surface area contributed by atoms with Crippen LogP contribution in [0.4, 0.5) is 9.18 Å². The highest BCUT2D eigenvalue weighted by Crippen LogP contribution is 2.34. The summed E-state index contributed by atoms with van der Waals surface area (Å²) in [6, 6.07) is 12.0. The molecule has 2 unspecified atom stereocenters. The third-order valence-corrected chi connectivity index (χ3v) is 6.82. The lowest BCUT2D eigenvalue weighted by atomic mass is 9.78. The fourth-order valence-corrected chi connectivity index (χ4v) is 4.95. The summed E-state index contributed by atoms with van der Waals surface area (Å²) in [5.74, 6) is -0.287. The van der Waals surface area contributed by atoms with Gasteiger partial charge in [0.05, 0.1) is 12.6 Å². The van der Waals surface area contributed by atoms with Crippen LogP contribution in [0.3, 0.4) is 0 Å². The predicted molar refractivity (Wildman–Crippen MR) is 125 cm³/mol. The lowest BCUT2D eigenvalue weighted by Gasteiger charge is -2.48. The van der Waals surface area contributed by atoms with Crippen molar-refractivity contribution in [1.82, 2.24) is 15.1 Å². The summed E-state index contributed by atoms with van der Waals surface area (Å²) >= 11 is 6.29. The van der Waals surface area contributed by atoms with Crippen LogP contribution in [0.2, 0.25) is 5.02 Å². The molecule has 0 saturated carbocycles. The number of hydrogen-bond acceptors (Lipinski definition) is 2. The fourth-order valence-electron chi connectivity index (χ4n) is 4.76. The van der Waals surface area contributed by atoms with Gasteiger partial charge in [-0.25, -0.2) is 9.18 Å². The first-order valence-corrected chi connectivity index (χ1v) is 11.2. The van der Waals surface area contributed by atoms with Crippen molar-refractivity contribution in [3.05, 3.63) is 70.0 Å². The SMILES string of the molecule is Cc1c(Cl)cccc1C(C)NC(=O)N(Cc1ccccc1F)C1CCN(C)CC1(C)C. The molecule has 4 nitrogen and oxygen atoms in total. The molecule has 31 heavy (non-hydrogen) atoms. The van der Waals surface area contributed by atoms with Crippen LogP contribution >= 0.6 is 11.6 Å². The van der Waals surface area contributed by atoms with Crippen molar-refractivity contribution in [2.75, 3.05) is 20.1 Å². The van der Waals surface area contributed by atoms with Gasteiger partial charge in [0.1, 0.15) is 5.82 Å².